The molecule has 0 aliphatic carbocycles. The minimum absolute atomic E-state index is 0.298. The third kappa shape index (κ3) is 2.73. The highest BCUT2D eigenvalue weighted by Gasteiger charge is 2.09. The lowest BCUT2D eigenvalue weighted by molar-refractivity contribution is 0.198. The molecule has 0 fully saturated rings. The zero-order valence-electron chi connectivity index (χ0n) is 8.97. The predicted molar refractivity (Wildman–Crippen MR) is 61.1 cm³/mol. The number of benzene rings is 1. The first-order valence-corrected chi connectivity index (χ1v) is 5.38. The Hall–Kier alpha value is -0.530. The van der Waals surface area contributed by atoms with Crippen molar-refractivity contribution in [3.63, 3.8) is 0 Å². The van der Waals surface area contributed by atoms with Gasteiger partial charge in [-0.25, -0.2) is 0 Å². The topological polar surface area (TPSA) is 20.2 Å². The summed E-state index contributed by atoms with van der Waals surface area (Å²) in [5, 5.41) is 9.50. The zero-order valence-corrected chi connectivity index (χ0v) is 9.73. The zero-order chi connectivity index (χ0) is 10.7. The Balaban J connectivity index is 2.96. The lowest BCUT2D eigenvalue weighted by Gasteiger charge is -2.13. The number of aliphatic hydroxyl groups is 1. The monoisotopic (exact) mass is 212 g/mol. The summed E-state index contributed by atoms with van der Waals surface area (Å²) in [7, 11) is 0. The number of rotatable bonds is 3. The first-order chi connectivity index (χ1) is 6.54. The van der Waals surface area contributed by atoms with E-state index in [2.05, 4.69) is 32.9 Å². The molecule has 78 valence electrons. The minimum Gasteiger partial charge on any atom is -0.392 e. The fourth-order valence-electron chi connectivity index (χ4n) is 1.82. The minimum atomic E-state index is -0.434. The Labute approximate surface area is 90.7 Å². The van der Waals surface area contributed by atoms with Gasteiger partial charge in [0, 0.05) is 12.3 Å². The second-order valence-electron chi connectivity index (χ2n) is 3.89. The molecule has 1 unspecified atom stereocenters. The molecule has 0 aliphatic heterocycles. The fraction of sp³-hybridized carbons (Fsp3) is 0.500. The van der Waals surface area contributed by atoms with Gasteiger partial charge in [0.1, 0.15) is 0 Å². The van der Waals surface area contributed by atoms with Crippen molar-refractivity contribution in [1.82, 2.24) is 0 Å². The van der Waals surface area contributed by atoms with Gasteiger partial charge in [0.15, 0.2) is 0 Å². The third-order valence-electron chi connectivity index (χ3n) is 2.46. The Morgan fingerprint density at radius 3 is 2.14 bits per heavy atom. The summed E-state index contributed by atoms with van der Waals surface area (Å²) in [6.45, 7) is 6.24. The molecule has 1 aromatic carbocycles. The van der Waals surface area contributed by atoms with Crippen molar-refractivity contribution in [2.45, 2.75) is 33.3 Å². The number of halogens is 1. The van der Waals surface area contributed by atoms with E-state index in [0.29, 0.717) is 12.3 Å². The van der Waals surface area contributed by atoms with E-state index in [1.54, 1.807) is 0 Å². The van der Waals surface area contributed by atoms with E-state index in [1.807, 2.05) is 0 Å². The number of alkyl halides is 1. The molecule has 2 heteroatoms. The predicted octanol–water partition coefficient (Wildman–Crippen LogP) is 2.75. The maximum Gasteiger partial charge on any atom is 0.0715 e. The summed E-state index contributed by atoms with van der Waals surface area (Å²) in [6.07, 6.45) is 0.221. The number of aliphatic hydroxyl groups excluding tert-OH is 1. The quantitative estimate of drug-likeness (QED) is 0.764. The molecular formula is C12H17ClO. The van der Waals surface area contributed by atoms with Crippen molar-refractivity contribution in [2.75, 3.05) is 5.88 Å². The van der Waals surface area contributed by atoms with Crippen molar-refractivity contribution < 1.29 is 5.11 Å². The van der Waals surface area contributed by atoms with Crippen molar-refractivity contribution >= 4 is 11.6 Å². The average molecular weight is 213 g/mol. The van der Waals surface area contributed by atoms with Crippen LogP contribution in [-0.4, -0.2) is 17.1 Å². The lowest BCUT2D eigenvalue weighted by atomic mass is 9.96. The van der Waals surface area contributed by atoms with Gasteiger partial charge in [-0.3, -0.25) is 0 Å². The van der Waals surface area contributed by atoms with Crippen LogP contribution in [0.25, 0.3) is 0 Å². The van der Waals surface area contributed by atoms with Gasteiger partial charge >= 0.3 is 0 Å². The van der Waals surface area contributed by atoms with Crippen LogP contribution in [0.15, 0.2) is 12.1 Å². The molecule has 0 heterocycles. The van der Waals surface area contributed by atoms with Crippen LogP contribution in [0.2, 0.25) is 0 Å². The van der Waals surface area contributed by atoms with Crippen LogP contribution in [-0.2, 0) is 6.42 Å². The third-order valence-corrected chi connectivity index (χ3v) is 2.81. The van der Waals surface area contributed by atoms with Crippen LogP contribution in [0.1, 0.15) is 22.3 Å². The number of hydrogen-bond donors (Lipinski definition) is 1. The van der Waals surface area contributed by atoms with E-state index in [0.717, 1.165) is 0 Å². The van der Waals surface area contributed by atoms with Crippen LogP contribution in [0.5, 0.6) is 0 Å². The van der Waals surface area contributed by atoms with Gasteiger partial charge in [0.2, 0.25) is 0 Å². The second kappa shape index (κ2) is 4.81. The molecule has 1 N–H and O–H groups in total. The number of aryl methyl sites for hydroxylation is 3. The molecule has 1 nitrogen and oxygen atoms in total. The lowest BCUT2D eigenvalue weighted by Crippen LogP contribution is -2.13. The summed E-state index contributed by atoms with van der Waals surface area (Å²) in [6, 6.07) is 4.28. The van der Waals surface area contributed by atoms with Crippen LogP contribution >= 0.6 is 11.6 Å². The van der Waals surface area contributed by atoms with Crippen LogP contribution < -0.4 is 0 Å². The molecule has 0 spiro atoms. The van der Waals surface area contributed by atoms with Crippen LogP contribution in [0, 0.1) is 20.8 Å². The molecule has 0 saturated carbocycles. The first kappa shape index (κ1) is 11.5. The Morgan fingerprint density at radius 1 is 1.21 bits per heavy atom. The molecule has 0 aliphatic rings. The molecule has 1 atom stereocenters. The molecule has 0 radical (unpaired) electrons. The molecule has 0 amide bonds. The van der Waals surface area contributed by atoms with Gasteiger partial charge in [-0.05, 0) is 37.5 Å². The molecular weight excluding hydrogens is 196 g/mol. The van der Waals surface area contributed by atoms with E-state index in [1.165, 1.54) is 22.3 Å². The fourth-order valence-corrected chi connectivity index (χ4v) is 1.93. The Kier molecular flexibility index (Phi) is 3.97. The van der Waals surface area contributed by atoms with Gasteiger partial charge in [-0.2, -0.15) is 0 Å². The summed E-state index contributed by atoms with van der Waals surface area (Å²) in [5.74, 6) is 0.298. The first-order valence-electron chi connectivity index (χ1n) is 4.85. The van der Waals surface area contributed by atoms with E-state index in [-0.39, 0.29) is 0 Å². The van der Waals surface area contributed by atoms with E-state index < -0.39 is 6.10 Å². The number of hydrogen-bond acceptors (Lipinski definition) is 1. The molecule has 0 aromatic heterocycles. The maximum absolute atomic E-state index is 9.50. The highest BCUT2D eigenvalue weighted by molar-refractivity contribution is 6.18. The maximum atomic E-state index is 9.50. The molecule has 14 heavy (non-hydrogen) atoms. The SMILES string of the molecule is Cc1cc(C)c(CC(O)CCl)c(C)c1. The van der Waals surface area contributed by atoms with Gasteiger partial charge < -0.3 is 5.11 Å². The molecule has 1 aromatic rings. The van der Waals surface area contributed by atoms with E-state index >= 15 is 0 Å². The Bertz CT molecular complexity index is 297. The summed E-state index contributed by atoms with van der Waals surface area (Å²) >= 11 is 5.59. The second-order valence-corrected chi connectivity index (χ2v) is 4.20. The molecule has 1 rings (SSSR count). The summed E-state index contributed by atoms with van der Waals surface area (Å²) in [5.41, 5.74) is 4.98. The largest absolute Gasteiger partial charge is 0.392 e. The van der Waals surface area contributed by atoms with E-state index in [4.69, 9.17) is 11.6 Å². The van der Waals surface area contributed by atoms with Crippen molar-refractivity contribution in [3.8, 4) is 0 Å². The van der Waals surface area contributed by atoms with Crippen molar-refractivity contribution in [1.29, 1.82) is 0 Å². The Morgan fingerprint density at radius 2 is 1.71 bits per heavy atom. The average Bonchev–Trinajstić information content (AvgIpc) is 2.10. The van der Waals surface area contributed by atoms with Crippen LogP contribution in [0.3, 0.4) is 0 Å². The highest BCUT2D eigenvalue weighted by atomic mass is 35.5. The van der Waals surface area contributed by atoms with Gasteiger partial charge in [0.25, 0.3) is 0 Å². The molecule has 0 bridgehead atoms. The van der Waals surface area contributed by atoms with Gasteiger partial charge in [-0.15, -0.1) is 11.6 Å². The van der Waals surface area contributed by atoms with Gasteiger partial charge in [-0.1, -0.05) is 17.7 Å². The summed E-state index contributed by atoms with van der Waals surface area (Å²) in [4.78, 5) is 0. The highest BCUT2D eigenvalue weighted by Crippen LogP contribution is 2.18. The smallest absolute Gasteiger partial charge is 0.0715 e. The van der Waals surface area contributed by atoms with Crippen molar-refractivity contribution in [2.24, 2.45) is 0 Å². The van der Waals surface area contributed by atoms with Gasteiger partial charge in [0.05, 0.1) is 6.10 Å². The summed E-state index contributed by atoms with van der Waals surface area (Å²) < 4.78 is 0. The molecule has 0 saturated heterocycles. The van der Waals surface area contributed by atoms with Crippen molar-refractivity contribution in [3.05, 3.63) is 34.4 Å². The standard InChI is InChI=1S/C12H17ClO/c1-8-4-9(2)12(10(3)5-8)6-11(14)7-13/h4-5,11,14H,6-7H2,1-3H3. The van der Waals surface area contributed by atoms with E-state index in [9.17, 15) is 5.11 Å². The van der Waals surface area contributed by atoms with Crippen LogP contribution in [0.4, 0.5) is 0 Å². The normalized spacial score (nSPS) is 12.9.